The topological polar surface area (TPSA) is 67.9 Å². The van der Waals surface area contributed by atoms with Gasteiger partial charge in [0.2, 0.25) is 0 Å². The maximum absolute atomic E-state index is 13.3. The van der Waals surface area contributed by atoms with Crippen molar-refractivity contribution < 1.29 is 23.5 Å². The predicted octanol–water partition coefficient (Wildman–Crippen LogP) is 3.66. The Morgan fingerprint density at radius 2 is 1.65 bits per heavy atom. The minimum absolute atomic E-state index is 0.343. The van der Waals surface area contributed by atoms with Gasteiger partial charge >= 0.3 is 5.97 Å². The number of anilines is 2. The number of carbonyl (C=O) groups is 2. The summed E-state index contributed by atoms with van der Waals surface area (Å²) in [6.07, 6.45) is 3.08. The fourth-order valence-corrected chi connectivity index (χ4v) is 4.40. The molecule has 0 bridgehead atoms. The summed E-state index contributed by atoms with van der Waals surface area (Å²) >= 11 is 0. The van der Waals surface area contributed by atoms with Crippen LogP contribution in [0.5, 0.6) is 0 Å². The highest BCUT2D eigenvalue weighted by Gasteiger charge is 2.44. The molecule has 0 spiro atoms. The van der Waals surface area contributed by atoms with Gasteiger partial charge in [-0.05, 0) is 54.8 Å². The van der Waals surface area contributed by atoms with Crippen molar-refractivity contribution in [3.8, 4) is 0 Å². The van der Waals surface area contributed by atoms with Crippen LogP contribution in [0.2, 0.25) is 0 Å². The summed E-state index contributed by atoms with van der Waals surface area (Å²) in [4.78, 5) is 27.5. The van der Waals surface area contributed by atoms with Gasteiger partial charge in [0.05, 0.1) is 18.6 Å². The van der Waals surface area contributed by atoms with Gasteiger partial charge in [-0.1, -0.05) is 25.0 Å². The number of rotatable bonds is 6. The number of hydrogen-bond donors (Lipinski definition) is 1. The molecule has 1 aliphatic heterocycles. The number of nitrogens with one attached hydrogen (secondary N) is 1. The number of nitrogens with zero attached hydrogens (tertiary/aromatic N) is 1. The molecule has 1 heterocycles. The Hall–Kier alpha value is -2.93. The van der Waals surface area contributed by atoms with E-state index in [0.717, 1.165) is 37.2 Å². The van der Waals surface area contributed by atoms with Crippen molar-refractivity contribution in [3.05, 3.63) is 59.9 Å². The van der Waals surface area contributed by atoms with Gasteiger partial charge < -0.3 is 19.7 Å². The third-order valence-electron chi connectivity index (χ3n) is 6.11. The van der Waals surface area contributed by atoms with E-state index in [1.54, 1.807) is 12.1 Å². The first-order valence-corrected chi connectivity index (χ1v) is 10.7. The van der Waals surface area contributed by atoms with Gasteiger partial charge in [0, 0.05) is 24.5 Å². The molecule has 0 unspecified atom stereocenters. The molecule has 2 aromatic carbocycles. The van der Waals surface area contributed by atoms with Gasteiger partial charge in [0.15, 0.2) is 6.61 Å². The van der Waals surface area contributed by atoms with E-state index < -0.39 is 11.4 Å². The molecule has 0 radical (unpaired) electrons. The van der Waals surface area contributed by atoms with Crippen LogP contribution in [-0.4, -0.2) is 44.8 Å². The first-order chi connectivity index (χ1) is 15.1. The summed E-state index contributed by atoms with van der Waals surface area (Å²) in [5, 5.41) is 2.77. The second kappa shape index (κ2) is 9.47. The van der Waals surface area contributed by atoms with E-state index in [-0.39, 0.29) is 18.3 Å². The third-order valence-corrected chi connectivity index (χ3v) is 6.11. The van der Waals surface area contributed by atoms with E-state index in [0.29, 0.717) is 31.7 Å². The summed E-state index contributed by atoms with van der Waals surface area (Å²) in [6.45, 7) is 2.76. The highest BCUT2D eigenvalue weighted by atomic mass is 19.1. The molecule has 1 saturated carbocycles. The zero-order valence-electron chi connectivity index (χ0n) is 17.4. The van der Waals surface area contributed by atoms with E-state index in [1.165, 1.54) is 12.1 Å². The second-order valence-electron chi connectivity index (χ2n) is 8.07. The van der Waals surface area contributed by atoms with Crippen molar-refractivity contribution >= 4 is 23.3 Å². The Kier molecular flexibility index (Phi) is 6.51. The van der Waals surface area contributed by atoms with Crippen LogP contribution in [0.25, 0.3) is 0 Å². The summed E-state index contributed by atoms with van der Waals surface area (Å²) < 4.78 is 24.1. The normalized spacial score (nSPS) is 17.9. The largest absolute Gasteiger partial charge is 0.455 e. The average molecular weight is 426 g/mol. The Bertz CT molecular complexity index is 902. The monoisotopic (exact) mass is 426 g/mol. The molecule has 2 aliphatic rings. The minimum Gasteiger partial charge on any atom is -0.455 e. The van der Waals surface area contributed by atoms with Crippen LogP contribution in [-0.2, 0) is 24.5 Å². The number of amides is 1. The van der Waals surface area contributed by atoms with Gasteiger partial charge in [-0.15, -0.1) is 0 Å². The van der Waals surface area contributed by atoms with Crippen molar-refractivity contribution in [2.45, 2.75) is 31.1 Å². The van der Waals surface area contributed by atoms with E-state index in [2.05, 4.69) is 10.2 Å². The zero-order valence-corrected chi connectivity index (χ0v) is 17.4. The zero-order chi connectivity index (χ0) is 21.7. The van der Waals surface area contributed by atoms with Gasteiger partial charge in [0.25, 0.3) is 5.91 Å². The lowest BCUT2D eigenvalue weighted by molar-refractivity contribution is -0.153. The van der Waals surface area contributed by atoms with Crippen molar-refractivity contribution in [2.75, 3.05) is 43.1 Å². The molecule has 2 aromatic rings. The average Bonchev–Trinajstić information content (AvgIpc) is 3.30. The number of esters is 1. The van der Waals surface area contributed by atoms with Crippen LogP contribution in [0.4, 0.5) is 15.8 Å². The molecule has 164 valence electrons. The number of morpholine rings is 1. The highest BCUT2D eigenvalue weighted by molar-refractivity contribution is 5.94. The molecule has 6 nitrogen and oxygen atoms in total. The van der Waals surface area contributed by atoms with Crippen molar-refractivity contribution in [2.24, 2.45) is 0 Å². The molecule has 1 saturated heterocycles. The number of ether oxygens (including phenoxy) is 2. The molecule has 0 aromatic heterocycles. The highest BCUT2D eigenvalue weighted by Crippen LogP contribution is 2.42. The lowest BCUT2D eigenvalue weighted by Crippen LogP contribution is -2.36. The standard InChI is InChI=1S/C24H27FN2O4/c25-19-5-3-18(4-6-19)24(11-1-2-12-24)23(29)31-17-22(28)26-20-7-9-21(10-8-20)27-13-15-30-16-14-27/h3-10H,1-2,11-17H2,(H,26,28). The van der Waals surface area contributed by atoms with Gasteiger partial charge in [-0.25, -0.2) is 4.39 Å². The Morgan fingerprint density at radius 1 is 1.00 bits per heavy atom. The fourth-order valence-electron chi connectivity index (χ4n) is 4.40. The van der Waals surface area contributed by atoms with Crippen molar-refractivity contribution in [1.82, 2.24) is 0 Å². The Labute approximate surface area is 181 Å². The Morgan fingerprint density at radius 3 is 2.29 bits per heavy atom. The van der Waals surface area contributed by atoms with Crippen molar-refractivity contribution in [1.29, 1.82) is 0 Å². The van der Waals surface area contributed by atoms with Crippen LogP contribution in [0.1, 0.15) is 31.2 Å². The molecule has 1 aliphatic carbocycles. The smallest absolute Gasteiger partial charge is 0.317 e. The maximum atomic E-state index is 13.3. The summed E-state index contributed by atoms with van der Waals surface area (Å²) in [5.74, 6) is -1.15. The molecule has 1 N–H and O–H groups in total. The summed E-state index contributed by atoms with van der Waals surface area (Å²) in [7, 11) is 0. The van der Waals surface area contributed by atoms with Gasteiger partial charge in [-0.3, -0.25) is 9.59 Å². The molecule has 4 rings (SSSR count). The van der Waals surface area contributed by atoms with E-state index >= 15 is 0 Å². The number of benzene rings is 2. The third kappa shape index (κ3) is 4.88. The van der Waals surface area contributed by atoms with Crippen LogP contribution in [0, 0.1) is 5.82 Å². The molecular formula is C24H27FN2O4. The second-order valence-corrected chi connectivity index (χ2v) is 8.07. The SMILES string of the molecule is O=C(COC(=O)C1(c2ccc(F)cc2)CCCC1)Nc1ccc(N2CCOCC2)cc1. The number of halogens is 1. The summed E-state index contributed by atoms with van der Waals surface area (Å²) in [5.41, 5.74) is 1.67. The lowest BCUT2D eigenvalue weighted by Gasteiger charge is -2.29. The number of carbonyl (C=O) groups excluding carboxylic acids is 2. The lowest BCUT2D eigenvalue weighted by atomic mass is 9.79. The molecule has 7 heteroatoms. The fraction of sp³-hybridized carbons (Fsp3) is 0.417. The predicted molar refractivity (Wildman–Crippen MR) is 116 cm³/mol. The van der Waals surface area contributed by atoms with Crippen molar-refractivity contribution in [3.63, 3.8) is 0 Å². The first kappa shape index (κ1) is 21.3. The summed E-state index contributed by atoms with van der Waals surface area (Å²) in [6, 6.07) is 13.6. The first-order valence-electron chi connectivity index (χ1n) is 10.7. The maximum Gasteiger partial charge on any atom is 0.317 e. The van der Waals surface area contributed by atoms with E-state index in [1.807, 2.05) is 24.3 Å². The quantitative estimate of drug-likeness (QED) is 0.714. The molecule has 0 atom stereocenters. The van der Waals surface area contributed by atoms with Crippen LogP contribution in [0.3, 0.4) is 0 Å². The molecule has 1 amide bonds. The van der Waals surface area contributed by atoms with Crippen LogP contribution in [0.15, 0.2) is 48.5 Å². The van der Waals surface area contributed by atoms with Crippen LogP contribution >= 0.6 is 0 Å². The van der Waals surface area contributed by atoms with Gasteiger partial charge in [-0.2, -0.15) is 0 Å². The van der Waals surface area contributed by atoms with Gasteiger partial charge in [0.1, 0.15) is 5.82 Å². The van der Waals surface area contributed by atoms with Crippen LogP contribution < -0.4 is 10.2 Å². The van der Waals surface area contributed by atoms with E-state index in [4.69, 9.17) is 9.47 Å². The minimum atomic E-state index is -0.798. The number of hydrogen-bond acceptors (Lipinski definition) is 5. The Balaban J connectivity index is 1.33. The van der Waals surface area contributed by atoms with E-state index in [9.17, 15) is 14.0 Å². The molecular weight excluding hydrogens is 399 g/mol. The molecule has 2 fully saturated rings. The molecule has 31 heavy (non-hydrogen) atoms.